The van der Waals surface area contributed by atoms with Crippen LogP contribution in [-0.4, -0.2) is 37.9 Å². The molecule has 2 unspecified atom stereocenters. The van der Waals surface area contributed by atoms with Crippen molar-refractivity contribution in [2.75, 3.05) is 10.6 Å². The number of ketones is 1. The summed E-state index contributed by atoms with van der Waals surface area (Å²) in [6, 6.07) is 12.8. The molecule has 10 nitrogen and oxygen atoms in total. The van der Waals surface area contributed by atoms with Gasteiger partial charge >= 0.3 is 0 Å². The van der Waals surface area contributed by atoms with E-state index in [-0.39, 0.29) is 16.6 Å². The maximum Gasteiger partial charge on any atom is 0.273 e. The van der Waals surface area contributed by atoms with E-state index in [4.69, 9.17) is 18.1 Å². The predicted molar refractivity (Wildman–Crippen MR) is 121 cm³/mol. The lowest BCUT2D eigenvalue weighted by Crippen LogP contribution is -2.48. The van der Waals surface area contributed by atoms with Crippen LogP contribution in [0.5, 0.6) is 0 Å². The van der Waals surface area contributed by atoms with Gasteiger partial charge in [0.1, 0.15) is 0 Å². The molecule has 0 aliphatic carbocycles. The van der Waals surface area contributed by atoms with Crippen molar-refractivity contribution < 1.29 is 18.6 Å². The van der Waals surface area contributed by atoms with Crippen LogP contribution in [0.1, 0.15) is 17.3 Å². The fourth-order valence-corrected chi connectivity index (χ4v) is 4.24. The number of nitrogens with zero attached hydrogens (tertiary/aromatic N) is 1. The van der Waals surface area contributed by atoms with E-state index < -0.39 is 27.9 Å². The van der Waals surface area contributed by atoms with Gasteiger partial charge in [0.15, 0.2) is 16.7 Å². The summed E-state index contributed by atoms with van der Waals surface area (Å²) < 4.78 is 13.1. The SMILES string of the molecule is CC(=O)c1cccc(NC(=O)/C(=N\NC(=S)NN)C2C(=O)Nc3ccccc3S2=O)c1. The number of hydrazine groups is 1. The molecule has 2 aromatic rings. The van der Waals surface area contributed by atoms with Gasteiger partial charge in [-0.05, 0) is 43.4 Å². The van der Waals surface area contributed by atoms with Crippen LogP contribution in [0.25, 0.3) is 0 Å². The molecule has 0 bridgehead atoms. The fraction of sp³-hybridized carbons (Fsp3) is 0.105. The molecular formula is C19H18N6O4S2. The summed E-state index contributed by atoms with van der Waals surface area (Å²) >= 11 is 4.86. The number of Topliss-reactive ketones (excluding diaryl/α,β-unsaturated/α-hetero) is 1. The van der Waals surface area contributed by atoms with Gasteiger partial charge in [-0.3, -0.25) is 29.4 Å². The summed E-state index contributed by atoms with van der Waals surface area (Å²) in [4.78, 5) is 37.7. The number of fused-ring (bicyclic) bond motifs is 1. The second kappa shape index (κ2) is 9.55. The van der Waals surface area contributed by atoms with Gasteiger partial charge in [0.25, 0.3) is 5.91 Å². The van der Waals surface area contributed by atoms with Crippen LogP contribution >= 0.6 is 12.2 Å². The van der Waals surface area contributed by atoms with Gasteiger partial charge in [-0.1, -0.05) is 24.3 Å². The number of nitrogens with two attached hydrogens (primary N) is 1. The molecule has 0 saturated carbocycles. The largest absolute Gasteiger partial charge is 0.324 e. The minimum absolute atomic E-state index is 0.119. The van der Waals surface area contributed by atoms with E-state index in [1.165, 1.54) is 13.0 Å². The van der Waals surface area contributed by atoms with E-state index >= 15 is 0 Å². The summed E-state index contributed by atoms with van der Waals surface area (Å²) in [7, 11) is -1.91. The minimum Gasteiger partial charge on any atom is -0.324 e. The second-order valence-electron chi connectivity index (χ2n) is 6.34. The van der Waals surface area contributed by atoms with Gasteiger partial charge in [-0.15, -0.1) is 0 Å². The zero-order valence-corrected chi connectivity index (χ0v) is 17.8. The number of para-hydroxylation sites is 1. The highest BCUT2D eigenvalue weighted by Gasteiger charge is 2.40. The van der Waals surface area contributed by atoms with Crippen molar-refractivity contribution in [3.05, 3.63) is 54.1 Å². The van der Waals surface area contributed by atoms with Gasteiger partial charge in [0.05, 0.1) is 21.4 Å². The number of carbonyl (C=O) groups is 3. The minimum atomic E-state index is -1.91. The number of hydrogen-bond donors (Lipinski definition) is 5. The van der Waals surface area contributed by atoms with Crippen LogP contribution in [0.4, 0.5) is 11.4 Å². The maximum atomic E-state index is 13.1. The lowest BCUT2D eigenvalue weighted by Gasteiger charge is -2.24. The second-order valence-corrected chi connectivity index (χ2v) is 8.25. The molecule has 2 aromatic carbocycles. The lowest BCUT2D eigenvalue weighted by atomic mass is 10.1. The van der Waals surface area contributed by atoms with Crippen LogP contribution in [0.15, 0.2) is 58.5 Å². The zero-order chi connectivity index (χ0) is 22.5. The molecule has 1 aliphatic rings. The Morgan fingerprint density at radius 2 is 1.94 bits per heavy atom. The number of carbonyl (C=O) groups excluding carboxylic acids is 3. The highest BCUT2D eigenvalue weighted by atomic mass is 32.2. The van der Waals surface area contributed by atoms with E-state index in [0.717, 1.165) is 0 Å². The van der Waals surface area contributed by atoms with Crippen LogP contribution in [0, 0.1) is 0 Å². The Balaban J connectivity index is 1.97. The zero-order valence-electron chi connectivity index (χ0n) is 16.2. The molecular weight excluding hydrogens is 440 g/mol. The topological polar surface area (TPSA) is 155 Å². The standard InChI is InChI=1S/C19H18N6O4S2/c1-10(26)11-5-4-6-12(9-11)21-17(27)15(24-25-19(30)23-20)16-18(28)22-13-7-2-3-8-14(13)31(16)29/h2-9,16H,20H2,1H3,(H,21,27)(H,22,28)(H2,23,25,30)/b24-15-. The number of hydrogen-bond acceptors (Lipinski definition) is 7. The maximum absolute atomic E-state index is 13.1. The van der Waals surface area contributed by atoms with Gasteiger partial charge in [-0.25, -0.2) is 5.84 Å². The third-order valence-electron chi connectivity index (χ3n) is 4.23. The molecule has 2 atom stereocenters. The summed E-state index contributed by atoms with van der Waals surface area (Å²) in [5, 5.41) is 7.56. The van der Waals surface area contributed by atoms with E-state index in [9.17, 15) is 18.6 Å². The highest BCUT2D eigenvalue weighted by molar-refractivity contribution is 7.88. The van der Waals surface area contributed by atoms with E-state index in [2.05, 4.69) is 26.6 Å². The lowest BCUT2D eigenvalue weighted by molar-refractivity contribution is -0.116. The van der Waals surface area contributed by atoms with E-state index in [1.807, 2.05) is 0 Å². The summed E-state index contributed by atoms with van der Waals surface area (Å²) in [6.07, 6.45) is 0. The van der Waals surface area contributed by atoms with Gasteiger partial charge in [0.2, 0.25) is 11.0 Å². The molecule has 0 radical (unpaired) electrons. The Morgan fingerprint density at radius 1 is 1.19 bits per heavy atom. The molecule has 0 aromatic heterocycles. The predicted octanol–water partition coefficient (Wildman–Crippen LogP) is 0.650. The fourth-order valence-electron chi connectivity index (χ4n) is 2.78. The Kier molecular flexibility index (Phi) is 6.84. The normalized spacial score (nSPS) is 17.7. The third kappa shape index (κ3) is 4.99. The molecule has 6 N–H and O–H groups in total. The van der Waals surface area contributed by atoms with Crippen molar-refractivity contribution in [1.82, 2.24) is 10.9 Å². The number of amides is 2. The van der Waals surface area contributed by atoms with Crippen LogP contribution < -0.4 is 27.3 Å². The molecule has 3 rings (SSSR count). The molecule has 31 heavy (non-hydrogen) atoms. The molecule has 2 amide bonds. The van der Waals surface area contributed by atoms with Crippen LogP contribution in [0.2, 0.25) is 0 Å². The average molecular weight is 459 g/mol. The first-order valence-corrected chi connectivity index (χ1v) is 10.5. The summed E-state index contributed by atoms with van der Waals surface area (Å²) in [5.41, 5.74) is 5.18. The van der Waals surface area contributed by atoms with Crippen LogP contribution in [0.3, 0.4) is 0 Å². The Bertz CT molecular complexity index is 1130. The molecule has 12 heteroatoms. The Labute approximate surface area is 185 Å². The van der Waals surface area contributed by atoms with Gasteiger partial charge in [-0.2, -0.15) is 5.10 Å². The number of nitrogens with one attached hydrogen (secondary N) is 4. The Morgan fingerprint density at radius 3 is 2.65 bits per heavy atom. The first kappa shape index (κ1) is 22.2. The van der Waals surface area contributed by atoms with Crippen molar-refractivity contribution in [3.8, 4) is 0 Å². The van der Waals surface area contributed by atoms with Crippen molar-refractivity contribution >= 4 is 62.8 Å². The van der Waals surface area contributed by atoms with Gasteiger partial charge < -0.3 is 10.6 Å². The average Bonchev–Trinajstić information content (AvgIpc) is 2.75. The van der Waals surface area contributed by atoms with Crippen molar-refractivity contribution in [2.24, 2.45) is 10.9 Å². The van der Waals surface area contributed by atoms with Crippen molar-refractivity contribution in [1.29, 1.82) is 0 Å². The van der Waals surface area contributed by atoms with E-state index in [0.29, 0.717) is 21.8 Å². The molecule has 160 valence electrons. The smallest absolute Gasteiger partial charge is 0.273 e. The third-order valence-corrected chi connectivity index (χ3v) is 6.09. The number of benzene rings is 2. The quantitative estimate of drug-likeness (QED) is 0.144. The van der Waals surface area contributed by atoms with Crippen molar-refractivity contribution in [3.63, 3.8) is 0 Å². The molecule has 1 heterocycles. The molecule has 0 fully saturated rings. The number of anilines is 2. The number of rotatable bonds is 5. The molecule has 0 saturated heterocycles. The monoisotopic (exact) mass is 458 g/mol. The number of hydrazone groups is 1. The first-order chi connectivity index (χ1) is 14.8. The Hall–Kier alpha value is -3.48. The molecule has 1 aliphatic heterocycles. The molecule has 0 spiro atoms. The summed E-state index contributed by atoms with van der Waals surface area (Å²) in [5.74, 6) is 3.55. The first-order valence-electron chi connectivity index (χ1n) is 8.88. The van der Waals surface area contributed by atoms with E-state index in [1.54, 1.807) is 42.5 Å². The van der Waals surface area contributed by atoms with Crippen LogP contribution in [-0.2, 0) is 20.4 Å². The van der Waals surface area contributed by atoms with Gasteiger partial charge in [0, 0.05) is 11.3 Å². The summed E-state index contributed by atoms with van der Waals surface area (Å²) in [6.45, 7) is 1.39. The number of thiocarbonyl (C=S) groups is 1. The highest BCUT2D eigenvalue weighted by Crippen LogP contribution is 2.28. The van der Waals surface area contributed by atoms with Crippen molar-refractivity contribution in [2.45, 2.75) is 17.1 Å².